The maximum absolute atomic E-state index is 11.2. The first-order valence-corrected chi connectivity index (χ1v) is 6.81. The Hall–Kier alpha value is -1.34. The summed E-state index contributed by atoms with van der Waals surface area (Å²) in [6.45, 7) is 0. The Bertz CT molecular complexity index is 436. The maximum atomic E-state index is 11.2. The van der Waals surface area contributed by atoms with Gasteiger partial charge in [0.25, 0.3) is 5.91 Å². The van der Waals surface area contributed by atoms with E-state index in [9.17, 15) is 4.79 Å². The monoisotopic (exact) mass is 255 g/mol. The van der Waals surface area contributed by atoms with Gasteiger partial charge in [0.1, 0.15) is 17.6 Å². The molecular weight excluding hydrogens is 240 g/mol. The highest BCUT2D eigenvalue weighted by atomic mass is 32.2. The molecule has 1 saturated carbocycles. The Morgan fingerprint density at radius 2 is 2.35 bits per heavy atom. The summed E-state index contributed by atoms with van der Waals surface area (Å²) in [5, 5.41) is 3.75. The average Bonchev–Trinajstić information content (AvgIpc) is 3.11. The molecule has 7 heteroatoms. The topological polar surface area (TPSA) is 90.1 Å². The number of nitrogens with two attached hydrogens (primary N) is 1. The van der Waals surface area contributed by atoms with Gasteiger partial charge in [-0.1, -0.05) is 0 Å². The van der Waals surface area contributed by atoms with Gasteiger partial charge in [-0.05, 0) is 12.8 Å². The fourth-order valence-electron chi connectivity index (χ4n) is 1.29. The smallest absolute Gasteiger partial charge is 0.366 e. The van der Waals surface area contributed by atoms with Gasteiger partial charge in [-0.25, -0.2) is 0 Å². The Morgan fingerprint density at radius 1 is 1.65 bits per heavy atom. The van der Waals surface area contributed by atoms with Crippen LogP contribution in [-0.2, 0) is 15.4 Å². The molecule has 1 unspecified atom stereocenters. The number of aromatic nitrogens is 2. The summed E-state index contributed by atoms with van der Waals surface area (Å²) in [5.74, 6) is -0.00509. The van der Waals surface area contributed by atoms with Crippen LogP contribution in [0.1, 0.15) is 23.2 Å². The van der Waals surface area contributed by atoms with E-state index in [0.29, 0.717) is 22.6 Å². The van der Waals surface area contributed by atoms with E-state index >= 15 is 0 Å². The molecule has 1 aliphatic rings. The minimum absolute atomic E-state index is 0.328. The second-order valence-electron chi connectivity index (χ2n) is 3.82. The molecule has 2 rings (SSSR count). The van der Waals surface area contributed by atoms with Crippen LogP contribution in [0.2, 0.25) is 0 Å². The minimum Gasteiger partial charge on any atom is -0.366 e. The Kier molecular flexibility index (Phi) is 3.49. The van der Waals surface area contributed by atoms with Crippen molar-refractivity contribution in [2.45, 2.75) is 24.0 Å². The molecule has 0 saturated heterocycles. The van der Waals surface area contributed by atoms with E-state index < -0.39 is 17.1 Å². The molecule has 0 aliphatic heterocycles. The lowest BCUT2D eigenvalue weighted by atomic mass is 10.3. The predicted octanol–water partition coefficient (Wildman–Crippen LogP) is 0.318. The van der Waals surface area contributed by atoms with Gasteiger partial charge in [0.15, 0.2) is 0 Å². The fraction of sp³-hybridized carbons (Fsp3) is 0.500. The average molecular weight is 255 g/mol. The first-order chi connectivity index (χ1) is 8.11. The minimum atomic E-state index is -0.520. The summed E-state index contributed by atoms with van der Waals surface area (Å²) >= 11 is -0.481. The molecule has 0 spiro atoms. The van der Waals surface area contributed by atoms with E-state index in [0.717, 1.165) is 12.8 Å². The lowest BCUT2D eigenvalue weighted by molar-refractivity contribution is 0.1000. The summed E-state index contributed by atoms with van der Waals surface area (Å²) in [6.07, 6.45) is 5.53. The number of anilines is 1. The summed E-state index contributed by atoms with van der Waals surface area (Å²) in [4.78, 5) is 19.7. The molecule has 1 fully saturated rings. The Labute approximate surface area is 103 Å². The van der Waals surface area contributed by atoms with Crippen LogP contribution >= 0.6 is 0 Å². The maximum Gasteiger partial charge on any atom is 0.381 e. The number of hydrogen-bond acceptors (Lipinski definition) is 5. The van der Waals surface area contributed by atoms with E-state index in [2.05, 4.69) is 15.3 Å². The van der Waals surface area contributed by atoms with Crippen LogP contribution < -0.4 is 11.1 Å². The van der Waals surface area contributed by atoms with Crippen LogP contribution in [0.15, 0.2) is 11.4 Å². The molecule has 0 aromatic carbocycles. The van der Waals surface area contributed by atoms with Crippen LogP contribution in [0.5, 0.6) is 0 Å². The molecule has 0 radical (unpaired) electrons. The number of amides is 1. The number of hydrogen-bond donors (Lipinski definition) is 2. The summed E-state index contributed by atoms with van der Waals surface area (Å²) in [5.41, 5.74) is 5.61. The number of nitrogens with zero attached hydrogens (tertiary/aromatic N) is 2. The van der Waals surface area contributed by atoms with Crippen molar-refractivity contribution in [3.63, 3.8) is 0 Å². The molecule has 6 nitrogen and oxygen atoms in total. The SMILES string of the molecule is CO[S+](C)c1ncc(C(N)=O)c(NC2CC2)n1. The Morgan fingerprint density at radius 3 is 2.88 bits per heavy atom. The molecule has 1 aliphatic carbocycles. The van der Waals surface area contributed by atoms with Crippen molar-refractivity contribution in [1.29, 1.82) is 0 Å². The standard InChI is InChI=1S/C10H14N4O2S/c1-16-17(2)10-12-5-7(8(11)15)9(14-10)13-6-3-4-6/h5-6H,3-4H2,1-2H3,(H2-,11,12,13,14,15)/p+1. The third-order valence-electron chi connectivity index (χ3n) is 2.46. The van der Waals surface area contributed by atoms with E-state index in [-0.39, 0.29) is 0 Å². The van der Waals surface area contributed by atoms with E-state index in [1.54, 1.807) is 7.11 Å². The van der Waals surface area contributed by atoms with Gasteiger partial charge in [0.05, 0.1) is 13.3 Å². The van der Waals surface area contributed by atoms with Crippen molar-refractivity contribution < 1.29 is 8.98 Å². The second-order valence-corrected chi connectivity index (χ2v) is 5.43. The quantitative estimate of drug-likeness (QED) is 0.584. The normalized spacial score (nSPS) is 16.6. The number of carbonyl (C=O) groups is 1. The second kappa shape index (κ2) is 4.89. The highest BCUT2D eigenvalue weighted by Crippen LogP contribution is 2.25. The highest BCUT2D eigenvalue weighted by Gasteiger charge is 2.27. The summed E-state index contributed by atoms with van der Waals surface area (Å²) in [6, 6.07) is 0.400. The molecule has 0 bridgehead atoms. The highest BCUT2D eigenvalue weighted by molar-refractivity contribution is 7.91. The van der Waals surface area contributed by atoms with Gasteiger partial charge in [0, 0.05) is 6.04 Å². The Balaban J connectivity index is 2.30. The van der Waals surface area contributed by atoms with Crippen molar-refractivity contribution in [2.24, 2.45) is 5.73 Å². The lowest BCUT2D eigenvalue weighted by Gasteiger charge is -2.07. The van der Waals surface area contributed by atoms with Gasteiger partial charge in [-0.2, -0.15) is 14.2 Å². The lowest BCUT2D eigenvalue weighted by Crippen LogP contribution is -2.19. The van der Waals surface area contributed by atoms with Crippen LogP contribution in [0.25, 0.3) is 0 Å². The summed E-state index contributed by atoms with van der Waals surface area (Å²) < 4.78 is 5.17. The molecule has 1 heterocycles. The predicted molar refractivity (Wildman–Crippen MR) is 65.8 cm³/mol. The zero-order valence-corrected chi connectivity index (χ0v) is 10.6. The van der Waals surface area contributed by atoms with Gasteiger partial charge in [-0.3, -0.25) is 4.79 Å². The molecule has 1 aromatic rings. The largest absolute Gasteiger partial charge is 0.381 e. The molecular formula is C10H15N4O2S+. The molecule has 3 N–H and O–H groups in total. The van der Waals surface area contributed by atoms with E-state index in [1.165, 1.54) is 6.20 Å². The van der Waals surface area contributed by atoms with Crippen LogP contribution in [0, 0.1) is 0 Å². The third-order valence-corrected chi connectivity index (χ3v) is 3.67. The molecule has 92 valence electrons. The molecule has 1 atom stereocenters. The first-order valence-electron chi connectivity index (χ1n) is 5.25. The van der Waals surface area contributed by atoms with E-state index in [4.69, 9.17) is 9.92 Å². The molecule has 17 heavy (non-hydrogen) atoms. The number of carbonyl (C=O) groups excluding carboxylic acids is 1. The number of primary amides is 1. The van der Waals surface area contributed by atoms with Crippen LogP contribution in [0.3, 0.4) is 0 Å². The third kappa shape index (κ3) is 2.86. The fourth-order valence-corrected chi connectivity index (χ4v) is 1.86. The van der Waals surface area contributed by atoms with E-state index in [1.807, 2.05) is 6.26 Å². The van der Waals surface area contributed by atoms with Crippen molar-refractivity contribution in [3.8, 4) is 0 Å². The molecule has 1 amide bonds. The van der Waals surface area contributed by atoms with Crippen molar-refractivity contribution >= 4 is 22.9 Å². The van der Waals surface area contributed by atoms with Gasteiger partial charge in [0.2, 0.25) is 11.2 Å². The van der Waals surface area contributed by atoms with Crippen molar-refractivity contribution in [3.05, 3.63) is 11.8 Å². The number of nitrogens with one attached hydrogen (secondary N) is 1. The van der Waals surface area contributed by atoms with Gasteiger partial charge >= 0.3 is 5.16 Å². The molecule has 1 aromatic heterocycles. The van der Waals surface area contributed by atoms with Crippen molar-refractivity contribution in [1.82, 2.24) is 9.97 Å². The van der Waals surface area contributed by atoms with Crippen LogP contribution in [-0.4, -0.2) is 35.3 Å². The van der Waals surface area contributed by atoms with Crippen LogP contribution in [0.4, 0.5) is 5.82 Å². The number of rotatable bonds is 5. The zero-order chi connectivity index (χ0) is 12.4. The van der Waals surface area contributed by atoms with Gasteiger partial charge < -0.3 is 11.1 Å². The van der Waals surface area contributed by atoms with Gasteiger partial charge in [-0.15, -0.1) is 0 Å². The zero-order valence-electron chi connectivity index (χ0n) is 9.77. The summed E-state index contributed by atoms with van der Waals surface area (Å²) in [7, 11) is 1.60. The first kappa shape index (κ1) is 12.1. The van der Waals surface area contributed by atoms with Crippen molar-refractivity contribution in [2.75, 3.05) is 18.7 Å².